The molecule has 1 aliphatic heterocycles. The number of halogens is 2. The number of benzene rings is 4. The fraction of sp³-hybridized carbons (Fsp3) is 0.133. The summed E-state index contributed by atoms with van der Waals surface area (Å²) in [7, 11) is 0. The molecule has 0 fully saturated rings. The highest BCUT2D eigenvalue weighted by atomic mass is 35.5. The molecular weight excluding hydrogens is 477 g/mol. The largest absolute Gasteiger partial charge is 0.271 e. The third-order valence-electron chi connectivity index (χ3n) is 6.62. The van der Waals surface area contributed by atoms with Gasteiger partial charge in [0, 0.05) is 12.0 Å². The molecule has 0 spiro atoms. The summed E-state index contributed by atoms with van der Waals surface area (Å²) in [4.78, 5) is 27.7. The number of amides is 2. The Morgan fingerprint density at radius 3 is 2.11 bits per heavy atom. The lowest BCUT2D eigenvalue weighted by molar-refractivity contribution is 0.0563. The van der Waals surface area contributed by atoms with Crippen molar-refractivity contribution < 1.29 is 9.59 Å². The molecule has 0 aliphatic carbocycles. The maximum atomic E-state index is 13.2. The van der Waals surface area contributed by atoms with Crippen LogP contribution in [0.5, 0.6) is 0 Å². The highest BCUT2D eigenvalue weighted by Crippen LogP contribution is 2.31. The SMILES string of the molecule is CC(C(C=Cc1ccc2ccccc2c1)Cc1ccc(Cl)c(Cl)c1)N1C(=O)c2ccccc2C1=O. The number of fused-ring (bicyclic) bond motifs is 2. The molecule has 0 N–H and O–H groups in total. The Hall–Kier alpha value is -3.40. The summed E-state index contributed by atoms with van der Waals surface area (Å²) in [6.07, 6.45) is 4.74. The summed E-state index contributed by atoms with van der Waals surface area (Å²) in [6.45, 7) is 1.93. The molecule has 2 atom stereocenters. The molecule has 35 heavy (non-hydrogen) atoms. The Morgan fingerprint density at radius 2 is 1.43 bits per heavy atom. The molecule has 4 aromatic rings. The van der Waals surface area contributed by atoms with Gasteiger partial charge in [-0.05, 0) is 65.6 Å². The monoisotopic (exact) mass is 499 g/mol. The van der Waals surface area contributed by atoms with Crippen molar-refractivity contribution in [3.63, 3.8) is 0 Å². The Labute approximate surface area is 214 Å². The summed E-state index contributed by atoms with van der Waals surface area (Å²) in [5.74, 6) is -0.645. The minimum absolute atomic E-state index is 0.138. The average Bonchev–Trinajstić information content (AvgIpc) is 3.13. The molecule has 1 heterocycles. The molecular formula is C30H23Cl2NO2. The van der Waals surface area contributed by atoms with E-state index in [-0.39, 0.29) is 23.8 Å². The second-order valence-electron chi connectivity index (χ2n) is 8.85. The zero-order valence-electron chi connectivity index (χ0n) is 19.1. The molecule has 3 nitrogen and oxygen atoms in total. The molecule has 1 aliphatic rings. The number of hydrogen-bond acceptors (Lipinski definition) is 2. The van der Waals surface area contributed by atoms with E-state index in [1.54, 1.807) is 30.3 Å². The standard InChI is InChI=1S/C30H23Cl2NO2/c1-19(33-29(34)25-8-4-5-9-26(25)30(33)35)23(17-21-12-15-27(31)28(32)18-21)14-11-20-10-13-22-6-2-3-7-24(22)16-20/h2-16,18-19,23H,17H2,1H3. The summed E-state index contributed by atoms with van der Waals surface area (Å²) >= 11 is 12.4. The topological polar surface area (TPSA) is 37.4 Å². The zero-order valence-corrected chi connectivity index (χ0v) is 20.6. The smallest absolute Gasteiger partial charge is 0.261 e. The molecule has 2 unspecified atom stereocenters. The van der Waals surface area contributed by atoms with E-state index in [1.807, 2.05) is 31.2 Å². The molecule has 2 amide bonds. The van der Waals surface area contributed by atoms with Crippen LogP contribution in [0.1, 0.15) is 38.8 Å². The van der Waals surface area contributed by atoms with Crippen LogP contribution in [-0.4, -0.2) is 22.8 Å². The summed E-state index contributed by atoms with van der Waals surface area (Å²) in [5.41, 5.74) is 2.95. The van der Waals surface area contributed by atoms with Crippen LogP contribution in [0, 0.1) is 5.92 Å². The van der Waals surface area contributed by atoms with Gasteiger partial charge in [-0.2, -0.15) is 0 Å². The van der Waals surface area contributed by atoms with Crippen molar-refractivity contribution in [2.75, 3.05) is 0 Å². The van der Waals surface area contributed by atoms with Crippen molar-refractivity contribution in [3.8, 4) is 0 Å². The average molecular weight is 500 g/mol. The van der Waals surface area contributed by atoms with Crippen molar-refractivity contribution in [1.82, 2.24) is 4.90 Å². The van der Waals surface area contributed by atoms with Crippen LogP contribution in [0.15, 0.2) is 91.0 Å². The van der Waals surface area contributed by atoms with Crippen LogP contribution in [0.4, 0.5) is 0 Å². The normalized spacial score (nSPS) is 15.1. The first-order valence-electron chi connectivity index (χ1n) is 11.5. The third kappa shape index (κ3) is 4.62. The van der Waals surface area contributed by atoms with Gasteiger partial charge in [-0.15, -0.1) is 0 Å². The highest BCUT2D eigenvalue weighted by Gasteiger charge is 2.40. The lowest BCUT2D eigenvalue weighted by atomic mass is 9.90. The van der Waals surface area contributed by atoms with Gasteiger partial charge in [-0.3, -0.25) is 14.5 Å². The second kappa shape index (κ2) is 9.69. The molecule has 4 aromatic carbocycles. The van der Waals surface area contributed by atoms with Gasteiger partial charge in [-0.1, -0.05) is 90.0 Å². The fourth-order valence-electron chi connectivity index (χ4n) is 4.65. The Balaban J connectivity index is 1.48. The van der Waals surface area contributed by atoms with E-state index < -0.39 is 0 Å². The number of carbonyl (C=O) groups is 2. The van der Waals surface area contributed by atoms with Gasteiger partial charge in [0.05, 0.1) is 21.2 Å². The van der Waals surface area contributed by atoms with E-state index in [4.69, 9.17) is 23.2 Å². The maximum Gasteiger partial charge on any atom is 0.261 e. The van der Waals surface area contributed by atoms with Crippen LogP contribution in [0.3, 0.4) is 0 Å². The van der Waals surface area contributed by atoms with Crippen molar-refractivity contribution in [3.05, 3.63) is 123 Å². The first-order chi connectivity index (χ1) is 16.9. The lowest BCUT2D eigenvalue weighted by Gasteiger charge is -2.29. The molecule has 0 bridgehead atoms. The summed E-state index contributed by atoms with van der Waals surface area (Å²) in [6, 6.07) is 26.7. The van der Waals surface area contributed by atoms with Crippen LogP contribution in [-0.2, 0) is 6.42 Å². The van der Waals surface area contributed by atoms with E-state index in [2.05, 4.69) is 42.5 Å². The van der Waals surface area contributed by atoms with Gasteiger partial charge >= 0.3 is 0 Å². The number of nitrogens with zero attached hydrogens (tertiary/aromatic N) is 1. The van der Waals surface area contributed by atoms with Gasteiger partial charge < -0.3 is 0 Å². The molecule has 0 saturated carbocycles. The fourth-order valence-corrected chi connectivity index (χ4v) is 4.97. The first kappa shape index (κ1) is 23.3. The second-order valence-corrected chi connectivity index (χ2v) is 9.66. The van der Waals surface area contributed by atoms with Crippen LogP contribution in [0.25, 0.3) is 16.8 Å². The molecule has 0 radical (unpaired) electrons. The summed E-state index contributed by atoms with van der Waals surface area (Å²) in [5, 5.41) is 3.31. The van der Waals surface area contributed by atoms with E-state index in [9.17, 15) is 9.59 Å². The maximum absolute atomic E-state index is 13.2. The van der Waals surface area contributed by atoms with Crippen LogP contribution < -0.4 is 0 Å². The van der Waals surface area contributed by atoms with E-state index >= 15 is 0 Å². The Bertz CT molecular complexity index is 1440. The van der Waals surface area contributed by atoms with E-state index in [0.717, 1.165) is 16.5 Å². The van der Waals surface area contributed by atoms with Crippen molar-refractivity contribution >= 4 is 51.9 Å². The number of imide groups is 1. The molecule has 5 heteroatoms. The van der Waals surface area contributed by atoms with Crippen molar-refractivity contribution in [1.29, 1.82) is 0 Å². The van der Waals surface area contributed by atoms with Crippen molar-refractivity contribution in [2.24, 2.45) is 5.92 Å². The minimum Gasteiger partial charge on any atom is -0.271 e. The quantitative estimate of drug-likeness (QED) is 0.255. The molecule has 0 saturated heterocycles. The van der Waals surface area contributed by atoms with Gasteiger partial charge in [-0.25, -0.2) is 0 Å². The predicted octanol–water partition coefficient (Wildman–Crippen LogP) is 7.70. The van der Waals surface area contributed by atoms with Crippen LogP contribution >= 0.6 is 23.2 Å². The summed E-state index contributed by atoms with van der Waals surface area (Å²) < 4.78 is 0. The predicted molar refractivity (Wildman–Crippen MR) is 143 cm³/mol. The highest BCUT2D eigenvalue weighted by molar-refractivity contribution is 6.42. The molecule has 174 valence electrons. The molecule has 5 rings (SSSR count). The van der Waals surface area contributed by atoms with E-state index in [0.29, 0.717) is 27.6 Å². The number of rotatable bonds is 6. The van der Waals surface area contributed by atoms with E-state index in [1.165, 1.54) is 10.3 Å². The van der Waals surface area contributed by atoms with Gasteiger partial charge in [0.25, 0.3) is 11.8 Å². The Kier molecular flexibility index (Phi) is 6.46. The number of carbonyl (C=O) groups excluding carboxylic acids is 2. The van der Waals surface area contributed by atoms with Gasteiger partial charge in [0.15, 0.2) is 0 Å². The zero-order chi connectivity index (χ0) is 24.5. The lowest BCUT2D eigenvalue weighted by Crippen LogP contribution is -2.42. The Morgan fingerprint density at radius 1 is 0.771 bits per heavy atom. The minimum atomic E-state index is -0.367. The van der Waals surface area contributed by atoms with Crippen molar-refractivity contribution in [2.45, 2.75) is 19.4 Å². The first-order valence-corrected chi connectivity index (χ1v) is 12.3. The molecule has 0 aromatic heterocycles. The van der Waals surface area contributed by atoms with Gasteiger partial charge in [0.2, 0.25) is 0 Å². The van der Waals surface area contributed by atoms with Gasteiger partial charge in [0.1, 0.15) is 0 Å². The number of hydrogen-bond donors (Lipinski definition) is 0. The third-order valence-corrected chi connectivity index (χ3v) is 7.36. The van der Waals surface area contributed by atoms with Crippen LogP contribution in [0.2, 0.25) is 10.0 Å².